The number of hydrogen-bond acceptors (Lipinski definition) is 2. The van der Waals surface area contributed by atoms with E-state index in [1.807, 2.05) is 0 Å². The van der Waals surface area contributed by atoms with Crippen molar-refractivity contribution in [2.24, 2.45) is 0 Å². The first-order valence-electron chi connectivity index (χ1n) is 37.5. The number of anilines is 6. The average Bonchev–Trinajstić information content (AvgIpc) is 1.51. The lowest BCUT2D eigenvalue weighted by atomic mass is 9.70. The highest BCUT2D eigenvalue weighted by molar-refractivity contribution is 6.00. The van der Waals surface area contributed by atoms with Gasteiger partial charge in [0.1, 0.15) is 0 Å². The van der Waals surface area contributed by atoms with Crippen LogP contribution in [-0.2, 0) is 21.7 Å². The predicted molar refractivity (Wildman–Crippen MR) is 440 cm³/mol. The van der Waals surface area contributed by atoms with Gasteiger partial charge < -0.3 is 9.80 Å². The third-order valence-corrected chi connectivity index (χ3v) is 25.1. The summed E-state index contributed by atoms with van der Waals surface area (Å²) in [5.41, 5.74) is 44.0. The van der Waals surface area contributed by atoms with Crippen molar-refractivity contribution in [1.29, 1.82) is 0 Å². The normalized spacial score (nSPS) is 14.7. The van der Waals surface area contributed by atoms with E-state index >= 15 is 0 Å². The van der Waals surface area contributed by atoms with Crippen molar-refractivity contribution in [3.05, 3.63) is 431 Å². The van der Waals surface area contributed by atoms with Crippen molar-refractivity contribution in [3.8, 4) is 100 Å². The minimum absolute atomic E-state index is 0.176. The van der Waals surface area contributed by atoms with Crippen LogP contribution in [0.5, 0.6) is 0 Å². The quantitative estimate of drug-likeness (QED) is 0.142. The van der Waals surface area contributed by atoms with E-state index in [0.717, 1.165) is 39.7 Å². The second kappa shape index (κ2) is 22.3. The smallest absolute Gasteiger partial charge is 0.0726 e. The Labute approximate surface area is 620 Å². The van der Waals surface area contributed by atoms with Gasteiger partial charge in [0.25, 0.3) is 0 Å². The van der Waals surface area contributed by atoms with Gasteiger partial charge in [-0.2, -0.15) is 0 Å². The summed E-state index contributed by atoms with van der Waals surface area (Å²) in [5.74, 6) is 0. The van der Waals surface area contributed by atoms with Gasteiger partial charge in [0.05, 0.1) is 16.5 Å². The van der Waals surface area contributed by atoms with Crippen molar-refractivity contribution in [1.82, 2.24) is 0 Å². The second-order valence-corrected chi connectivity index (χ2v) is 30.9. The largest absolute Gasteiger partial charge is 0.310 e. The Bertz CT molecular complexity index is 6290. The van der Waals surface area contributed by atoms with Crippen molar-refractivity contribution < 1.29 is 0 Å². The van der Waals surface area contributed by atoms with E-state index in [4.69, 9.17) is 0 Å². The highest BCUT2D eigenvalue weighted by atomic mass is 15.2. The molecule has 0 amide bonds. The molecule has 0 atom stereocenters. The molecule has 0 radical (unpaired) electrons. The molecule has 0 saturated carbocycles. The first-order valence-corrected chi connectivity index (χ1v) is 37.5. The zero-order valence-electron chi connectivity index (χ0n) is 59.5. The average molecular weight is 1350 g/mol. The molecular weight excluding hydrogens is 1280 g/mol. The number of benzene rings is 16. The maximum atomic E-state index is 2.54. The van der Waals surface area contributed by atoms with Crippen LogP contribution in [0.2, 0.25) is 0 Å². The molecule has 6 aliphatic carbocycles. The standard InChI is InChI=1S/C104H72N2/c1-101(2)88-37-16-8-30-76(88)83-54-50-71(61-96(83)101)105(72-51-55-84-81-35-13-21-42-94(81)103(98(84)63-72)90-38-17-9-31-77(90)78-32-10-18-39-91(78)103)70-48-45-65(46-49-70)67-27-24-28-68(59-67)69-47-58-89-87(60-69)86-57-53-73(62-97(86)102(89,3)4)106(100-44-23-15-29-75(100)66-25-6-5-7-26-66)74-52-56-85-82-36-14-22-43-95(82)104(99(85)64-74)92-40-19-11-33-79(92)80-34-12-20-41-93(80)104/h5-64H,1-4H3. The molecule has 0 bridgehead atoms. The van der Waals surface area contributed by atoms with Crippen LogP contribution in [0.15, 0.2) is 364 Å². The molecule has 0 heterocycles. The van der Waals surface area contributed by atoms with Gasteiger partial charge in [-0.25, -0.2) is 0 Å². The third kappa shape index (κ3) is 8.22. The van der Waals surface area contributed by atoms with Gasteiger partial charge in [-0.15, -0.1) is 0 Å². The molecule has 0 saturated heterocycles. The summed E-state index contributed by atoms with van der Waals surface area (Å²) in [5, 5.41) is 0. The second-order valence-electron chi connectivity index (χ2n) is 30.9. The molecule has 0 aromatic heterocycles. The van der Waals surface area contributed by atoms with Crippen LogP contribution in [-0.4, -0.2) is 0 Å². The number of hydrogen-bond donors (Lipinski definition) is 0. The van der Waals surface area contributed by atoms with Gasteiger partial charge in [-0.3, -0.25) is 0 Å². The van der Waals surface area contributed by atoms with E-state index in [-0.39, 0.29) is 10.8 Å². The molecule has 22 rings (SSSR count). The summed E-state index contributed by atoms with van der Waals surface area (Å²) in [6.45, 7) is 9.60. The summed E-state index contributed by atoms with van der Waals surface area (Å²) in [6, 6.07) is 138. The molecule has 16 aromatic carbocycles. The fraction of sp³-hybridized carbons (Fsp3) is 0.0769. The fourth-order valence-electron chi connectivity index (χ4n) is 20.4. The molecule has 2 spiro atoms. The van der Waals surface area contributed by atoms with Crippen LogP contribution in [0.1, 0.15) is 94.5 Å². The zero-order valence-corrected chi connectivity index (χ0v) is 59.5. The Morgan fingerprint density at radius 3 is 0.906 bits per heavy atom. The van der Waals surface area contributed by atoms with Crippen LogP contribution in [0.25, 0.3) is 100 Å². The molecular formula is C104H72N2. The van der Waals surface area contributed by atoms with Gasteiger partial charge in [-0.1, -0.05) is 313 Å². The van der Waals surface area contributed by atoms with E-state index < -0.39 is 10.8 Å². The Morgan fingerprint density at radius 1 is 0.160 bits per heavy atom. The predicted octanol–water partition coefficient (Wildman–Crippen LogP) is 26.9. The Morgan fingerprint density at radius 2 is 0.453 bits per heavy atom. The van der Waals surface area contributed by atoms with Gasteiger partial charge >= 0.3 is 0 Å². The highest BCUT2D eigenvalue weighted by Gasteiger charge is 2.54. The fourth-order valence-corrected chi connectivity index (χ4v) is 20.4. The van der Waals surface area contributed by atoms with Crippen molar-refractivity contribution in [3.63, 3.8) is 0 Å². The van der Waals surface area contributed by atoms with E-state index in [1.54, 1.807) is 0 Å². The third-order valence-electron chi connectivity index (χ3n) is 25.1. The number of rotatable bonds is 9. The molecule has 2 nitrogen and oxygen atoms in total. The van der Waals surface area contributed by atoms with Crippen LogP contribution >= 0.6 is 0 Å². The first kappa shape index (κ1) is 60.7. The van der Waals surface area contributed by atoms with Crippen molar-refractivity contribution >= 4 is 34.1 Å². The van der Waals surface area contributed by atoms with Crippen LogP contribution in [0.3, 0.4) is 0 Å². The SMILES string of the molecule is CC1(C)c2ccccc2-c2ccc(N(c3ccc(-c4cccc(-c5ccc6c(c5)-c5ccc(N(c7ccc8c(c7)C7(c9ccccc9-c9ccccc97)c7ccccc7-8)c7ccccc7-c7ccccc7)cc5C6(C)C)c4)cc3)c3ccc4c(c3)C3(c5ccccc5-c5ccccc53)c3ccccc3-4)cc21. The van der Waals surface area contributed by atoms with Crippen LogP contribution in [0, 0.1) is 0 Å². The Hall–Kier alpha value is -12.9. The van der Waals surface area contributed by atoms with Crippen LogP contribution < -0.4 is 9.80 Å². The molecule has 16 aromatic rings. The zero-order chi connectivity index (χ0) is 70.4. The summed E-state index contributed by atoms with van der Waals surface area (Å²) >= 11 is 0. The van der Waals surface area contributed by atoms with E-state index in [1.165, 1.54) is 161 Å². The molecule has 2 heteroatoms. The molecule has 6 aliphatic rings. The van der Waals surface area contributed by atoms with Crippen molar-refractivity contribution in [2.75, 3.05) is 9.80 Å². The molecule has 0 N–H and O–H groups in total. The Balaban J connectivity index is 0.639. The lowest BCUT2D eigenvalue weighted by molar-refractivity contribution is 0.660. The molecule has 0 fully saturated rings. The molecule has 0 aliphatic heterocycles. The molecule has 0 unspecified atom stereocenters. The maximum Gasteiger partial charge on any atom is 0.0726 e. The van der Waals surface area contributed by atoms with E-state index in [9.17, 15) is 0 Å². The maximum absolute atomic E-state index is 2.54. The lowest BCUT2D eigenvalue weighted by Gasteiger charge is -2.33. The van der Waals surface area contributed by atoms with Crippen molar-refractivity contribution in [2.45, 2.75) is 49.4 Å². The summed E-state index contributed by atoms with van der Waals surface area (Å²) in [7, 11) is 0. The molecule has 106 heavy (non-hydrogen) atoms. The van der Waals surface area contributed by atoms with E-state index in [0.29, 0.717) is 0 Å². The highest BCUT2D eigenvalue weighted by Crippen LogP contribution is 2.66. The number of fused-ring (bicyclic) bond motifs is 26. The summed E-state index contributed by atoms with van der Waals surface area (Å²) < 4.78 is 0. The Kier molecular flexibility index (Phi) is 12.8. The van der Waals surface area contributed by atoms with Gasteiger partial charge in [0.15, 0.2) is 0 Å². The van der Waals surface area contributed by atoms with Gasteiger partial charge in [0, 0.05) is 44.8 Å². The van der Waals surface area contributed by atoms with Gasteiger partial charge in [-0.05, 0) is 240 Å². The van der Waals surface area contributed by atoms with E-state index in [2.05, 4.69) is 401 Å². The number of para-hydroxylation sites is 1. The molecule has 498 valence electrons. The minimum Gasteiger partial charge on any atom is -0.310 e. The lowest BCUT2D eigenvalue weighted by Crippen LogP contribution is -2.26. The van der Waals surface area contributed by atoms with Crippen LogP contribution in [0.4, 0.5) is 34.1 Å². The summed E-state index contributed by atoms with van der Waals surface area (Å²) in [6.07, 6.45) is 0. The first-order chi connectivity index (χ1) is 52.1. The monoisotopic (exact) mass is 1350 g/mol. The topological polar surface area (TPSA) is 6.48 Å². The van der Waals surface area contributed by atoms with Gasteiger partial charge in [0.2, 0.25) is 0 Å². The minimum atomic E-state index is -0.484. The number of nitrogens with zero attached hydrogens (tertiary/aromatic N) is 2. The summed E-state index contributed by atoms with van der Waals surface area (Å²) in [4.78, 5) is 5.04.